The van der Waals surface area contributed by atoms with E-state index in [0.717, 1.165) is 52.2 Å². The van der Waals surface area contributed by atoms with Crippen LogP contribution >= 0.6 is 110 Å². The summed E-state index contributed by atoms with van der Waals surface area (Å²) in [6.07, 6.45) is -0.787. The number of pyridine rings is 4. The maximum absolute atomic E-state index is 13.4. The number of hydrogen-bond acceptors (Lipinski definition) is 18. The molecule has 729 valence electrons. The number of carbonyl (C=O) groups is 7. The standard InChI is InChI=1S/C26H30FN3O4.C25H27ClFN3O4.C25H28FN3O4.C21H22FN3O2.B.ClH.I3.I2.HI/c1-16-13-19(17-7-9-18(27)10-8-17)28-20-14-21(33-22(16)20)23(31)30-12-11-29(15-26(30,5)6)24(32)34-25(2,3)4;1-24(2,3)34-23(32)29-10-11-30(25(4,5)14-29)22(31)20-13-19-21(33-20)17(26)12-18(28-19)15-6-8-16(27)9-7-15;1-15-12-18(16-6-8-17(26)9-7-16)27-19-13-20(33-21(15)19)22(30)29-11-10-28(14-24(29,2)3)23(31)25(4,5)32;1-13-10-16(14-4-6-15(22)7-5-14)24-17-11-18(27-19(13)17)20(26)25-9-8-23-12-21(25,2)3;;;1-3-2;1-2;/h7-10,13-14H,11-12,15H2,1-6H3;6-9,12-13H,10-11,14H2,1-5H3;6-9,12-13,32H,10-11,14H2,1-5H3;4-7,10-11,23H,8-9,12H2,1-3H3;;1H;;;1H/q;;;;;;-1;;. The molecule has 0 aliphatic carbocycles. The number of nitrogens with two attached hydrogens (primary N) is 1. The molecule has 39 heteroatoms. The molecule has 26 nitrogen and oxygen atoms in total. The summed E-state index contributed by atoms with van der Waals surface area (Å²) < 4.78 is 87.6. The van der Waals surface area contributed by atoms with Crippen LogP contribution in [0.2, 0.25) is 5.02 Å². The molecule has 4 aliphatic rings. The van der Waals surface area contributed by atoms with Crippen molar-refractivity contribution in [2.75, 3.05) is 78.5 Å². The van der Waals surface area contributed by atoms with Crippen molar-refractivity contribution in [1.29, 1.82) is 0 Å². The minimum atomic E-state index is -1.47. The van der Waals surface area contributed by atoms with E-state index in [4.69, 9.17) is 38.7 Å². The first-order valence-electron chi connectivity index (χ1n) is 42.8. The number of halogens is 12. The Hall–Kier alpha value is -7.81. The van der Waals surface area contributed by atoms with Gasteiger partial charge < -0.3 is 84.3 Å². The van der Waals surface area contributed by atoms with Gasteiger partial charge in [0.15, 0.2) is 45.4 Å². The number of amides is 7. The Kier molecular flexibility index (Phi) is 39.0. The molecule has 4 aromatic carbocycles. The van der Waals surface area contributed by atoms with Crippen LogP contribution in [0.15, 0.2) is 163 Å². The molecule has 0 bridgehead atoms. The zero-order valence-electron chi connectivity index (χ0n) is 78.7. The molecule has 0 atom stereocenters. The Morgan fingerprint density at radius 1 is 0.419 bits per heavy atom. The zero-order valence-corrected chi connectivity index (χ0v) is 93.4. The largest absolute Gasteiger partial charge is 1.00 e. The maximum Gasteiger partial charge on any atom is 0 e. The minimum absolute atomic E-state index is 0. The Morgan fingerprint density at radius 2 is 0.669 bits per heavy atom. The summed E-state index contributed by atoms with van der Waals surface area (Å²) in [5.41, 5.74) is 7.59. The molecule has 0 saturated carbocycles. The zero-order chi connectivity index (χ0) is 97.7. The number of rotatable bonds is 9. The fourth-order valence-electron chi connectivity index (χ4n) is 16.1. The van der Waals surface area contributed by atoms with Crippen LogP contribution in [-0.4, -0.2) is 227 Å². The van der Waals surface area contributed by atoms with Gasteiger partial charge in [-0.3, -0.25) is 24.0 Å². The third-order valence-corrected chi connectivity index (χ3v) is 22.8. The molecule has 12 aromatic rings. The molecular weight excluding hydrogens is 2480 g/mol. The Labute approximate surface area is 871 Å². The third-order valence-electron chi connectivity index (χ3n) is 22.6. The van der Waals surface area contributed by atoms with Crippen molar-refractivity contribution < 1.29 is 114 Å². The number of fused-ring (bicyclic) bond motifs is 4. The summed E-state index contributed by atoms with van der Waals surface area (Å²) in [5.74, 6) is -1.79. The molecule has 16 rings (SSSR count). The second-order valence-corrected chi connectivity index (χ2v) is 54.4. The average molecular weight is 2590 g/mol. The molecule has 0 unspecified atom stereocenters. The number of ether oxygens (including phenoxy) is 2. The molecule has 3 radical (unpaired) electrons. The maximum atomic E-state index is 13.4. The van der Waals surface area contributed by atoms with E-state index in [-0.39, 0.29) is 127 Å². The van der Waals surface area contributed by atoms with Gasteiger partial charge in [0.1, 0.15) is 62.1 Å². The fourth-order valence-corrected chi connectivity index (χ4v) is 16.4. The van der Waals surface area contributed by atoms with Gasteiger partial charge in [0.05, 0.1) is 69.6 Å². The Balaban J connectivity index is 0.000000218. The molecule has 12 heterocycles. The van der Waals surface area contributed by atoms with E-state index in [0.29, 0.717) is 157 Å². The fraction of sp³-hybridized carbons (Fsp3) is 0.392. The summed E-state index contributed by atoms with van der Waals surface area (Å²) in [5, 5.41) is 12.6. The van der Waals surface area contributed by atoms with Crippen LogP contribution in [0.4, 0.5) is 27.2 Å². The average Bonchev–Trinajstić information content (AvgIpc) is 1.57. The number of aromatic nitrogens is 4. The molecular formula is C97H109BCl2F4I6N12O14-. The molecule has 8 aromatic heterocycles. The number of aryl methyl sites for hydroxylation is 3. The van der Waals surface area contributed by atoms with Crippen LogP contribution in [0, 0.1) is 44.0 Å². The summed E-state index contributed by atoms with van der Waals surface area (Å²) >= 11 is 16.0. The van der Waals surface area contributed by atoms with Crippen molar-refractivity contribution in [1.82, 2.24) is 54.2 Å². The predicted molar refractivity (Wildman–Crippen MR) is 555 cm³/mol. The molecule has 0 spiro atoms. The quantitative estimate of drug-likeness (QED) is 0.0770. The number of quaternary nitrogens is 1. The van der Waals surface area contributed by atoms with Gasteiger partial charge in [0.2, 0.25) is 0 Å². The minimum Gasteiger partial charge on any atom is -1.00 e. The van der Waals surface area contributed by atoms with Crippen LogP contribution < -0.4 is 31.0 Å². The molecule has 4 fully saturated rings. The van der Waals surface area contributed by atoms with E-state index < -0.39 is 39.5 Å². The van der Waals surface area contributed by atoms with Crippen molar-refractivity contribution in [2.45, 2.75) is 171 Å². The predicted octanol–water partition coefficient (Wildman–Crippen LogP) is 15.5. The molecule has 136 heavy (non-hydrogen) atoms. The van der Waals surface area contributed by atoms with Gasteiger partial charge in [-0.2, -0.15) is 0 Å². The van der Waals surface area contributed by atoms with E-state index in [1.165, 1.54) is 62.4 Å². The van der Waals surface area contributed by atoms with Crippen LogP contribution in [0.1, 0.15) is 170 Å². The van der Waals surface area contributed by atoms with Gasteiger partial charge in [-0.25, -0.2) is 47.1 Å². The second-order valence-electron chi connectivity index (χ2n) is 37.8. The van der Waals surface area contributed by atoms with Gasteiger partial charge >= 0.3 is 62.7 Å². The molecule has 3 N–H and O–H groups in total. The van der Waals surface area contributed by atoms with Crippen molar-refractivity contribution >= 4 is 205 Å². The van der Waals surface area contributed by atoms with Crippen LogP contribution in [0.25, 0.3) is 89.4 Å². The van der Waals surface area contributed by atoms with E-state index in [2.05, 4.69) is 114 Å². The number of benzene rings is 4. The normalized spacial score (nSPS) is 15.5. The Bertz CT molecular complexity index is 6100. The van der Waals surface area contributed by atoms with E-state index in [1.807, 2.05) is 127 Å². The second kappa shape index (κ2) is 46.7. The first-order valence-corrected chi connectivity index (χ1v) is 62.0. The number of hydrogen-bond donors (Lipinski definition) is 2. The van der Waals surface area contributed by atoms with Crippen molar-refractivity contribution in [3.63, 3.8) is 0 Å². The molecule has 7 amide bonds. The van der Waals surface area contributed by atoms with Crippen LogP contribution in [-0.2, 0) is 14.3 Å². The Morgan fingerprint density at radius 3 is 0.934 bits per heavy atom. The number of nitrogens with zero attached hydrogens (tertiary/aromatic N) is 11. The van der Waals surface area contributed by atoms with Gasteiger partial charge in [0, 0.05) is 151 Å². The number of furan rings is 4. The van der Waals surface area contributed by atoms with Crippen molar-refractivity contribution in [2.24, 2.45) is 0 Å². The summed E-state index contributed by atoms with van der Waals surface area (Å²) in [4.78, 5) is 121. The monoisotopic (exact) mass is 2580 g/mol. The van der Waals surface area contributed by atoms with Gasteiger partial charge in [-0.1, -0.05) is 11.6 Å². The van der Waals surface area contributed by atoms with Gasteiger partial charge in [-0.05, 0) is 270 Å². The smallest absolute Gasteiger partial charge is 0 e. The first kappa shape index (κ1) is 113. The summed E-state index contributed by atoms with van der Waals surface area (Å²) in [6, 6.07) is 38.1. The number of piperazine rings is 4. The van der Waals surface area contributed by atoms with E-state index >= 15 is 0 Å². The number of aliphatic hydroxyl groups is 1. The SMILES string of the molecule is CC(C)(C)OC(=O)N1CCN(C(=O)c2cc3nc(-c4ccc(F)cc4)cc(Cl)c3o2)C(C)(C)C1.Cc1cc(-c2ccc(F)cc2)nc2cc(C(=O)N3CCN(C(=O)C(C)(C)O)CC3(C)C)oc12.Cc1cc(-c2ccc(F)cc2)nc2cc(C(=O)N3CCN(C(=O)OC(C)(C)C)CC3(C)C)oc12.Cc1cc(-c2ccc(F)cc2)nc2cc(C(=O)N3CC[NH2+]CC3(C)C)oc12.I.II.I[I-]I.[B].[Cl-]. The molecule has 4 saturated heterocycles. The first-order chi connectivity index (χ1) is 62.3. The summed E-state index contributed by atoms with van der Waals surface area (Å²) in [6.45, 7) is 40.5. The van der Waals surface area contributed by atoms with E-state index in [9.17, 15) is 56.2 Å². The van der Waals surface area contributed by atoms with Crippen molar-refractivity contribution in [3.8, 4) is 45.0 Å². The molecule has 4 aliphatic heterocycles. The van der Waals surface area contributed by atoms with Gasteiger partial charge in [0.25, 0.3) is 29.5 Å². The van der Waals surface area contributed by atoms with Crippen LogP contribution in [0.5, 0.6) is 0 Å². The topological polar surface area (TPSA) is 302 Å². The summed E-state index contributed by atoms with van der Waals surface area (Å²) in [7, 11) is 0. The van der Waals surface area contributed by atoms with Crippen molar-refractivity contribution in [3.05, 3.63) is 214 Å². The van der Waals surface area contributed by atoms with Gasteiger partial charge in [-0.15, -0.1) is 24.0 Å². The number of carbonyl (C=O) groups excluding carboxylic acids is 7. The third kappa shape index (κ3) is 27.9. The van der Waals surface area contributed by atoms with Crippen LogP contribution in [0.3, 0.4) is 0 Å². The van der Waals surface area contributed by atoms with E-state index in [1.54, 1.807) is 108 Å².